The summed E-state index contributed by atoms with van der Waals surface area (Å²) < 4.78 is 15.5. The molecule has 1 heterocycles. The number of methoxy groups -OCH3 is 1. The third kappa shape index (κ3) is 2.63. The molecule has 94 valence electrons. The van der Waals surface area contributed by atoms with Gasteiger partial charge in [0.1, 0.15) is 6.61 Å². The highest BCUT2D eigenvalue weighted by atomic mass is 16.5. The van der Waals surface area contributed by atoms with Crippen molar-refractivity contribution in [3.05, 3.63) is 47.9 Å². The first-order valence-corrected chi connectivity index (χ1v) is 5.26. The molecule has 1 aromatic heterocycles. The van der Waals surface area contributed by atoms with Gasteiger partial charge in [-0.25, -0.2) is 4.79 Å². The van der Waals surface area contributed by atoms with E-state index in [4.69, 9.17) is 19.0 Å². The third-order valence-electron chi connectivity index (χ3n) is 2.39. The van der Waals surface area contributed by atoms with Crippen molar-refractivity contribution < 1.29 is 23.8 Å². The highest BCUT2D eigenvalue weighted by molar-refractivity contribution is 5.88. The zero-order valence-corrected chi connectivity index (χ0v) is 9.75. The molecule has 5 heteroatoms. The first-order chi connectivity index (χ1) is 8.70. The van der Waals surface area contributed by atoms with Crippen LogP contribution in [0.2, 0.25) is 0 Å². The summed E-state index contributed by atoms with van der Waals surface area (Å²) in [6.45, 7) is 0.288. The molecule has 0 aliphatic carbocycles. The normalized spacial score (nSPS) is 10.1. The number of hydrogen-bond acceptors (Lipinski definition) is 4. The first kappa shape index (κ1) is 12.0. The Kier molecular flexibility index (Phi) is 3.52. The fourth-order valence-electron chi connectivity index (χ4n) is 1.46. The molecular weight excluding hydrogens is 236 g/mol. The fourth-order valence-corrected chi connectivity index (χ4v) is 1.46. The molecule has 5 nitrogen and oxygen atoms in total. The molecule has 0 aliphatic heterocycles. The molecule has 1 aromatic carbocycles. The lowest BCUT2D eigenvalue weighted by Crippen LogP contribution is -2.00. The van der Waals surface area contributed by atoms with Gasteiger partial charge in [-0.1, -0.05) is 0 Å². The van der Waals surface area contributed by atoms with Crippen molar-refractivity contribution in [3.63, 3.8) is 0 Å². The number of ether oxygens (including phenoxy) is 2. The maximum absolute atomic E-state index is 10.9. The summed E-state index contributed by atoms with van der Waals surface area (Å²) in [6.07, 6.45) is 3.11. The van der Waals surface area contributed by atoms with Crippen LogP contribution in [-0.2, 0) is 6.61 Å². The average molecular weight is 248 g/mol. The van der Waals surface area contributed by atoms with E-state index in [0.29, 0.717) is 11.5 Å². The number of benzene rings is 1. The Morgan fingerprint density at radius 2 is 2.17 bits per heavy atom. The summed E-state index contributed by atoms with van der Waals surface area (Å²) in [7, 11) is 1.50. The largest absolute Gasteiger partial charge is 0.493 e. The Labute approximate surface area is 104 Å². The van der Waals surface area contributed by atoms with E-state index in [9.17, 15) is 4.79 Å². The number of carboxylic acid groups (broad SMARTS) is 1. The van der Waals surface area contributed by atoms with Crippen molar-refractivity contribution in [1.29, 1.82) is 0 Å². The number of carboxylic acids is 1. The van der Waals surface area contributed by atoms with Gasteiger partial charge >= 0.3 is 5.97 Å². The summed E-state index contributed by atoms with van der Waals surface area (Å²) >= 11 is 0. The third-order valence-corrected chi connectivity index (χ3v) is 2.39. The lowest BCUT2D eigenvalue weighted by molar-refractivity contribution is 0.0696. The highest BCUT2D eigenvalue weighted by Gasteiger charge is 2.10. The number of rotatable bonds is 5. The first-order valence-electron chi connectivity index (χ1n) is 5.26. The van der Waals surface area contributed by atoms with Gasteiger partial charge in [0.15, 0.2) is 11.5 Å². The molecule has 0 atom stereocenters. The van der Waals surface area contributed by atoms with Gasteiger partial charge in [-0.15, -0.1) is 0 Å². The van der Waals surface area contributed by atoms with E-state index in [0.717, 1.165) is 5.56 Å². The van der Waals surface area contributed by atoms with Crippen LogP contribution in [0.5, 0.6) is 11.5 Å². The minimum atomic E-state index is -1.01. The molecule has 1 N–H and O–H groups in total. The molecule has 0 saturated heterocycles. The molecule has 2 rings (SSSR count). The molecule has 0 amide bonds. The molecule has 0 spiro atoms. The van der Waals surface area contributed by atoms with Crippen molar-refractivity contribution >= 4 is 5.97 Å². The molecule has 0 fully saturated rings. The Bertz CT molecular complexity index is 530. The predicted molar refractivity (Wildman–Crippen MR) is 63.0 cm³/mol. The lowest BCUT2D eigenvalue weighted by Gasteiger charge is -2.10. The van der Waals surface area contributed by atoms with E-state index in [2.05, 4.69) is 0 Å². The number of hydrogen-bond donors (Lipinski definition) is 1. The molecule has 0 radical (unpaired) electrons. The Hall–Kier alpha value is -2.43. The van der Waals surface area contributed by atoms with Crippen molar-refractivity contribution in [2.45, 2.75) is 6.61 Å². The molecular formula is C13H12O5. The lowest BCUT2D eigenvalue weighted by atomic mass is 10.2. The highest BCUT2D eigenvalue weighted by Crippen LogP contribution is 2.28. The standard InChI is InChI=1S/C13H12O5/c1-16-11-3-2-10(13(14)15)6-12(11)18-8-9-4-5-17-7-9/h2-7H,8H2,1H3,(H,14,15). The van der Waals surface area contributed by atoms with Crippen LogP contribution >= 0.6 is 0 Å². The zero-order chi connectivity index (χ0) is 13.0. The van der Waals surface area contributed by atoms with Crippen molar-refractivity contribution in [2.24, 2.45) is 0 Å². The van der Waals surface area contributed by atoms with Crippen LogP contribution in [0, 0.1) is 0 Å². The Morgan fingerprint density at radius 1 is 1.33 bits per heavy atom. The molecule has 0 bridgehead atoms. The van der Waals surface area contributed by atoms with Crippen molar-refractivity contribution in [2.75, 3.05) is 7.11 Å². The number of carbonyl (C=O) groups is 1. The summed E-state index contributed by atoms with van der Waals surface area (Å²) in [5.41, 5.74) is 1.01. The van der Waals surface area contributed by atoms with Gasteiger partial charge in [0.25, 0.3) is 0 Å². The van der Waals surface area contributed by atoms with E-state index in [1.807, 2.05) is 0 Å². The van der Waals surface area contributed by atoms with E-state index < -0.39 is 5.97 Å². The molecule has 0 unspecified atom stereocenters. The molecule has 0 saturated carbocycles. The average Bonchev–Trinajstić information content (AvgIpc) is 2.89. The summed E-state index contributed by atoms with van der Waals surface area (Å²) in [6, 6.07) is 6.23. The van der Waals surface area contributed by atoms with Crippen LogP contribution in [0.1, 0.15) is 15.9 Å². The zero-order valence-electron chi connectivity index (χ0n) is 9.75. The maximum atomic E-state index is 10.9. The van der Waals surface area contributed by atoms with E-state index in [1.165, 1.54) is 19.2 Å². The van der Waals surface area contributed by atoms with Crippen molar-refractivity contribution in [1.82, 2.24) is 0 Å². The van der Waals surface area contributed by atoms with E-state index in [1.54, 1.807) is 24.7 Å². The van der Waals surface area contributed by atoms with Crippen LogP contribution in [-0.4, -0.2) is 18.2 Å². The second-order valence-corrected chi connectivity index (χ2v) is 3.59. The van der Waals surface area contributed by atoms with Crippen LogP contribution in [0.15, 0.2) is 41.2 Å². The number of aromatic carboxylic acids is 1. The van der Waals surface area contributed by atoms with Gasteiger partial charge in [-0.2, -0.15) is 0 Å². The molecule has 18 heavy (non-hydrogen) atoms. The molecule has 0 aliphatic rings. The summed E-state index contributed by atoms with van der Waals surface area (Å²) in [5, 5.41) is 8.91. The summed E-state index contributed by atoms with van der Waals surface area (Å²) in [4.78, 5) is 10.9. The van der Waals surface area contributed by atoms with Gasteiger partial charge in [0, 0.05) is 5.56 Å². The second-order valence-electron chi connectivity index (χ2n) is 3.59. The predicted octanol–water partition coefficient (Wildman–Crippen LogP) is 2.57. The van der Waals surface area contributed by atoms with Crippen LogP contribution < -0.4 is 9.47 Å². The van der Waals surface area contributed by atoms with E-state index in [-0.39, 0.29) is 12.2 Å². The minimum absolute atomic E-state index is 0.151. The van der Waals surface area contributed by atoms with Gasteiger partial charge in [-0.3, -0.25) is 0 Å². The smallest absolute Gasteiger partial charge is 0.335 e. The van der Waals surface area contributed by atoms with Gasteiger partial charge in [-0.05, 0) is 24.3 Å². The van der Waals surface area contributed by atoms with Gasteiger partial charge in [0.2, 0.25) is 0 Å². The second kappa shape index (κ2) is 5.27. The Balaban J connectivity index is 2.18. The summed E-state index contributed by atoms with van der Waals surface area (Å²) in [5.74, 6) is -0.132. The topological polar surface area (TPSA) is 68.9 Å². The van der Waals surface area contributed by atoms with Crippen LogP contribution in [0.4, 0.5) is 0 Å². The molecule has 2 aromatic rings. The fraction of sp³-hybridized carbons (Fsp3) is 0.154. The Morgan fingerprint density at radius 3 is 2.78 bits per heavy atom. The minimum Gasteiger partial charge on any atom is -0.493 e. The SMILES string of the molecule is COc1ccc(C(=O)O)cc1OCc1ccoc1. The van der Waals surface area contributed by atoms with Gasteiger partial charge < -0.3 is 19.0 Å². The maximum Gasteiger partial charge on any atom is 0.335 e. The van der Waals surface area contributed by atoms with Gasteiger partial charge in [0.05, 0.1) is 25.2 Å². The number of furan rings is 1. The monoisotopic (exact) mass is 248 g/mol. The van der Waals surface area contributed by atoms with E-state index >= 15 is 0 Å². The van der Waals surface area contributed by atoms with Crippen molar-refractivity contribution in [3.8, 4) is 11.5 Å². The van der Waals surface area contributed by atoms with Crippen LogP contribution in [0.3, 0.4) is 0 Å². The van der Waals surface area contributed by atoms with Crippen LogP contribution in [0.25, 0.3) is 0 Å². The quantitative estimate of drug-likeness (QED) is 0.880.